The highest BCUT2D eigenvalue weighted by Gasteiger charge is 2.14. The molecule has 3 aromatic heterocycles. The number of aryl methyl sites for hydroxylation is 1. The summed E-state index contributed by atoms with van der Waals surface area (Å²) >= 11 is 1.29. The van der Waals surface area contributed by atoms with Gasteiger partial charge in [0.1, 0.15) is 16.1 Å². The van der Waals surface area contributed by atoms with Crippen LogP contribution in [0.5, 0.6) is 0 Å². The first kappa shape index (κ1) is 17.3. The van der Waals surface area contributed by atoms with Crippen molar-refractivity contribution >= 4 is 39.1 Å². The van der Waals surface area contributed by atoms with Crippen LogP contribution in [-0.4, -0.2) is 14.3 Å². The molecule has 0 aliphatic heterocycles. The Hall–Kier alpha value is -3.78. The highest BCUT2D eigenvalue weighted by molar-refractivity contribution is 7.15. The Balaban J connectivity index is 1.59. The number of fused-ring (bicyclic) bond motifs is 3. The van der Waals surface area contributed by atoms with E-state index < -0.39 is 4.92 Å². The summed E-state index contributed by atoms with van der Waals surface area (Å²) in [6.45, 7) is 1.69. The summed E-state index contributed by atoms with van der Waals surface area (Å²) in [5, 5.41) is 11.2. The number of imidazole rings is 1. The smallest absolute Gasteiger partial charge is 0.275 e. The first-order valence-electron chi connectivity index (χ1n) is 8.78. The van der Waals surface area contributed by atoms with Crippen molar-refractivity contribution in [3.8, 4) is 11.3 Å². The molecule has 5 rings (SSSR count). The Morgan fingerprint density at radius 1 is 1.17 bits per heavy atom. The first-order valence-corrected chi connectivity index (χ1v) is 9.60. The molecule has 0 radical (unpaired) electrons. The number of benzene rings is 2. The van der Waals surface area contributed by atoms with Gasteiger partial charge >= 0.3 is 0 Å². The van der Waals surface area contributed by atoms with E-state index in [1.165, 1.54) is 17.4 Å². The number of aromatic nitrogens is 2. The summed E-state index contributed by atoms with van der Waals surface area (Å²) in [7, 11) is 0. The monoisotopic (exact) mass is 403 g/mol. The maximum atomic E-state index is 12.8. The number of hydrogen-bond donors (Lipinski definition) is 0. The van der Waals surface area contributed by atoms with E-state index in [1.54, 1.807) is 41.7 Å². The summed E-state index contributed by atoms with van der Waals surface area (Å²) in [4.78, 5) is 28.7. The molecular weight excluding hydrogens is 390 g/mol. The lowest BCUT2D eigenvalue weighted by atomic mass is 10.1. The van der Waals surface area contributed by atoms with Gasteiger partial charge in [0.2, 0.25) is 0 Å². The molecule has 5 aromatic rings. The van der Waals surface area contributed by atoms with E-state index >= 15 is 0 Å². The summed E-state index contributed by atoms with van der Waals surface area (Å²) in [6, 6.07) is 15.9. The first-order chi connectivity index (χ1) is 14.0. The lowest BCUT2D eigenvalue weighted by Gasteiger charge is -2.00. The number of para-hydroxylation sites is 2. The number of nitro groups is 1. The summed E-state index contributed by atoms with van der Waals surface area (Å²) in [5.41, 5.74) is 2.64. The molecule has 142 valence electrons. The summed E-state index contributed by atoms with van der Waals surface area (Å²) < 4.78 is 7.93. The van der Waals surface area contributed by atoms with E-state index in [-0.39, 0.29) is 11.2 Å². The molecule has 0 unspecified atom stereocenters. The Morgan fingerprint density at radius 3 is 2.83 bits per heavy atom. The van der Waals surface area contributed by atoms with Crippen molar-refractivity contribution in [2.45, 2.75) is 6.92 Å². The maximum absolute atomic E-state index is 12.8. The van der Waals surface area contributed by atoms with Gasteiger partial charge in [0, 0.05) is 23.3 Å². The molecule has 0 aliphatic rings. The van der Waals surface area contributed by atoms with Crippen molar-refractivity contribution in [3.05, 3.63) is 90.9 Å². The minimum absolute atomic E-state index is 0.0395. The molecule has 0 atom stereocenters. The van der Waals surface area contributed by atoms with Crippen molar-refractivity contribution in [1.29, 1.82) is 0 Å². The predicted octanol–water partition coefficient (Wildman–Crippen LogP) is 3.93. The zero-order chi connectivity index (χ0) is 20.1. The van der Waals surface area contributed by atoms with E-state index in [0.717, 1.165) is 11.0 Å². The molecule has 8 heteroatoms. The molecule has 29 heavy (non-hydrogen) atoms. The fourth-order valence-corrected chi connectivity index (χ4v) is 4.25. The second-order valence-electron chi connectivity index (χ2n) is 6.59. The highest BCUT2D eigenvalue weighted by atomic mass is 32.1. The lowest BCUT2D eigenvalue weighted by Crippen LogP contribution is -2.22. The molecular formula is C21H13N3O4S. The number of nitro benzene ring substituents is 1. The van der Waals surface area contributed by atoms with Crippen molar-refractivity contribution in [1.82, 2.24) is 9.38 Å². The molecule has 0 N–H and O–H groups in total. The van der Waals surface area contributed by atoms with Crippen molar-refractivity contribution in [3.63, 3.8) is 0 Å². The van der Waals surface area contributed by atoms with E-state index in [9.17, 15) is 14.9 Å². The fourth-order valence-electron chi connectivity index (χ4n) is 3.29. The topological polar surface area (TPSA) is 90.7 Å². The number of furan rings is 1. The Kier molecular flexibility index (Phi) is 3.82. The highest BCUT2D eigenvalue weighted by Crippen LogP contribution is 2.28. The van der Waals surface area contributed by atoms with Gasteiger partial charge < -0.3 is 4.42 Å². The number of rotatable bonds is 3. The number of nitrogens with zero attached hydrogens (tertiary/aromatic N) is 3. The molecule has 0 aliphatic carbocycles. The van der Waals surface area contributed by atoms with Crippen molar-refractivity contribution < 1.29 is 9.34 Å². The second kappa shape index (κ2) is 6.39. The molecule has 0 spiro atoms. The Labute approximate surface area is 167 Å². The third kappa shape index (κ3) is 2.81. The largest absolute Gasteiger partial charge is 0.457 e. The van der Waals surface area contributed by atoms with Gasteiger partial charge in [0.05, 0.1) is 16.0 Å². The van der Waals surface area contributed by atoms with Gasteiger partial charge in [0.25, 0.3) is 11.2 Å². The van der Waals surface area contributed by atoms with Gasteiger partial charge in [-0.2, -0.15) is 0 Å². The zero-order valence-electron chi connectivity index (χ0n) is 15.2. The summed E-state index contributed by atoms with van der Waals surface area (Å²) in [6.07, 6.45) is 1.67. The van der Waals surface area contributed by atoms with Crippen molar-refractivity contribution in [2.75, 3.05) is 0 Å². The molecule has 0 fully saturated rings. The van der Waals surface area contributed by atoms with Crippen LogP contribution in [0.2, 0.25) is 0 Å². The molecule has 0 saturated carbocycles. The molecule has 0 amide bonds. The SMILES string of the molecule is Cc1ccc(-c2ccc(C=c3sc4nc5ccccc5n4c3=O)o2)cc1[N+](=O)[O-]. The van der Waals surface area contributed by atoms with Gasteiger partial charge in [-0.3, -0.25) is 14.9 Å². The van der Waals surface area contributed by atoms with Crippen LogP contribution in [0, 0.1) is 17.0 Å². The normalized spacial score (nSPS) is 12.2. The van der Waals surface area contributed by atoms with Crippen LogP contribution >= 0.6 is 11.3 Å². The second-order valence-corrected chi connectivity index (χ2v) is 7.60. The third-order valence-corrected chi connectivity index (χ3v) is 5.70. The number of hydrogen-bond acceptors (Lipinski definition) is 6. The van der Waals surface area contributed by atoms with Gasteiger partial charge in [-0.25, -0.2) is 9.38 Å². The van der Waals surface area contributed by atoms with Crippen molar-refractivity contribution in [2.24, 2.45) is 0 Å². The quantitative estimate of drug-likeness (QED) is 0.336. The van der Waals surface area contributed by atoms with E-state index in [2.05, 4.69) is 4.98 Å². The average Bonchev–Trinajstić information content (AvgIpc) is 3.38. The van der Waals surface area contributed by atoms with Gasteiger partial charge in [-0.1, -0.05) is 35.6 Å². The van der Waals surface area contributed by atoms with Gasteiger partial charge in [-0.15, -0.1) is 0 Å². The van der Waals surface area contributed by atoms with Crippen LogP contribution in [-0.2, 0) is 0 Å². The minimum Gasteiger partial charge on any atom is -0.457 e. The van der Waals surface area contributed by atoms with E-state index in [4.69, 9.17) is 4.42 Å². The van der Waals surface area contributed by atoms with Crippen LogP contribution in [0.1, 0.15) is 11.3 Å². The standard InChI is InChI=1S/C21H13N3O4S/c1-12-6-7-13(10-17(12)24(26)27)18-9-8-14(28-18)11-19-20(25)23-16-5-3-2-4-15(16)22-21(23)29-19/h2-11H,1H3. The Morgan fingerprint density at radius 2 is 2.00 bits per heavy atom. The van der Waals surface area contributed by atoms with E-state index in [0.29, 0.717) is 32.1 Å². The maximum Gasteiger partial charge on any atom is 0.275 e. The van der Waals surface area contributed by atoms with E-state index in [1.807, 2.05) is 24.3 Å². The lowest BCUT2D eigenvalue weighted by molar-refractivity contribution is -0.385. The molecule has 0 saturated heterocycles. The van der Waals surface area contributed by atoms with Gasteiger partial charge in [-0.05, 0) is 31.2 Å². The zero-order valence-corrected chi connectivity index (χ0v) is 16.0. The van der Waals surface area contributed by atoms with Crippen LogP contribution in [0.4, 0.5) is 5.69 Å². The Bertz CT molecular complexity index is 1530. The average molecular weight is 403 g/mol. The van der Waals surface area contributed by atoms with Crippen LogP contribution in [0.15, 0.2) is 63.8 Å². The molecule has 3 heterocycles. The minimum atomic E-state index is -0.412. The van der Waals surface area contributed by atoms with Crippen LogP contribution < -0.4 is 10.1 Å². The molecule has 0 bridgehead atoms. The summed E-state index contributed by atoms with van der Waals surface area (Å²) in [5.74, 6) is 0.993. The fraction of sp³-hybridized carbons (Fsp3) is 0.0476. The molecule has 7 nitrogen and oxygen atoms in total. The predicted molar refractivity (Wildman–Crippen MR) is 111 cm³/mol. The number of thiazole rings is 1. The third-order valence-electron chi connectivity index (χ3n) is 4.74. The van der Waals surface area contributed by atoms with Crippen LogP contribution in [0.3, 0.4) is 0 Å². The molecule has 2 aromatic carbocycles. The van der Waals surface area contributed by atoms with Gasteiger partial charge in [0.15, 0.2) is 4.96 Å². The van der Waals surface area contributed by atoms with Crippen LogP contribution in [0.25, 0.3) is 33.4 Å².